The molecule has 1 unspecified atom stereocenters. The molecule has 0 aliphatic carbocycles. The molecule has 0 saturated heterocycles. The highest BCUT2D eigenvalue weighted by Gasteiger charge is 2.15. The van der Waals surface area contributed by atoms with Gasteiger partial charge < -0.3 is 14.6 Å². The van der Waals surface area contributed by atoms with Crippen molar-refractivity contribution < 1.29 is 24.2 Å². The van der Waals surface area contributed by atoms with Crippen LogP contribution in [0.2, 0.25) is 0 Å². The van der Waals surface area contributed by atoms with E-state index >= 15 is 0 Å². The SMILES string of the molecule is CC/C=C\C/C=C\C/C=C\C/C=C\C/C=C\C/C=C\CCC(=O)OC(CO)COC(=O)CCCCCCCCCCCCCCCCCCCCCCCCCCC/C=C\C/C=C\CCCCCCC. The maximum Gasteiger partial charge on any atom is 0.306 e. The smallest absolute Gasteiger partial charge is 0.306 e. The van der Waals surface area contributed by atoms with Crippen LogP contribution in [0.5, 0.6) is 0 Å². The van der Waals surface area contributed by atoms with E-state index in [0.717, 1.165) is 64.2 Å². The quantitative estimate of drug-likeness (QED) is 0.0373. The first-order chi connectivity index (χ1) is 34.6. The van der Waals surface area contributed by atoms with Gasteiger partial charge in [0.15, 0.2) is 6.10 Å². The van der Waals surface area contributed by atoms with E-state index in [0.29, 0.717) is 12.8 Å². The van der Waals surface area contributed by atoms with Gasteiger partial charge in [0.25, 0.3) is 0 Å². The predicted octanol–water partition coefficient (Wildman–Crippen LogP) is 20.3. The molecule has 5 heteroatoms. The maximum absolute atomic E-state index is 12.2. The second-order valence-corrected chi connectivity index (χ2v) is 19.7. The molecule has 0 rings (SSSR count). The Hall–Kier alpha value is -3.18. The zero-order valence-electron chi connectivity index (χ0n) is 46.0. The van der Waals surface area contributed by atoms with Crippen molar-refractivity contribution in [3.8, 4) is 0 Å². The van der Waals surface area contributed by atoms with Gasteiger partial charge in [-0.25, -0.2) is 0 Å². The number of hydrogen-bond donors (Lipinski definition) is 1. The van der Waals surface area contributed by atoms with Crippen molar-refractivity contribution in [2.75, 3.05) is 13.2 Å². The largest absolute Gasteiger partial charge is 0.462 e. The van der Waals surface area contributed by atoms with E-state index in [1.54, 1.807) is 0 Å². The average molecular weight is 974 g/mol. The molecular weight excluding hydrogens is 861 g/mol. The van der Waals surface area contributed by atoms with E-state index in [2.05, 4.69) is 98.9 Å². The van der Waals surface area contributed by atoms with Crippen molar-refractivity contribution in [2.45, 2.75) is 290 Å². The summed E-state index contributed by atoms with van der Waals surface area (Å²) >= 11 is 0. The summed E-state index contributed by atoms with van der Waals surface area (Å²) in [6.45, 7) is 3.97. The minimum absolute atomic E-state index is 0.0984. The number of unbranched alkanes of at least 4 members (excludes halogenated alkanes) is 30. The summed E-state index contributed by atoms with van der Waals surface area (Å²) in [5.74, 6) is -0.684. The maximum atomic E-state index is 12.2. The number of ether oxygens (including phenoxy) is 2. The lowest BCUT2D eigenvalue weighted by molar-refractivity contribution is -0.161. The second-order valence-electron chi connectivity index (χ2n) is 19.7. The molecule has 402 valence electrons. The normalized spacial score (nSPS) is 12.9. The third-order valence-electron chi connectivity index (χ3n) is 12.9. The molecule has 1 atom stereocenters. The summed E-state index contributed by atoms with van der Waals surface area (Å²) in [4.78, 5) is 24.5. The number of allylic oxidation sites excluding steroid dienone is 16. The summed E-state index contributed by atoms with van der Waals surface area (Å²) in [5, 5.41) is 9.63. The average Bonchev–Trinajstić information content (AvgIpc) is 3.36. The van der Waals surface area contributed by atoms with E-state index in [-0.39, 0.29) is 25.6 Å². The molecular formula is C65H112O5. The minimum Gasteiger partial charge on any atom is -0.462 e. The highest BCUT2D eigenvalue weighted by atomic mass is 16.6. The summed E-state index contributed by atoms with van der Waals surface area (Å²) in [5.41, 5.74) is 0. The van der Waals surface area contributed by atoms with Crippen LogP contribution in [-0.4, -0.2) is 36.4 Å². The van der Waals surface area contributed by atoms with E-state index in [4.69, 9.17) is 9.47 Å². The van der Waals surface area contributed by atoms with Crippen LogP contribution in [0.1, 0.15) is 284 Å². The number of aliphatic hydroxyl groups is 1. The van der Waals surface area contributed by atoms with Gasteiger partial charge in [0.2, 0.25) is 0 Å². The number of carbonyl (C=O) groups is 2. The van der Waals surface area contributed by atoms with E-state index in [1.807, 2.05) is 12.2 Å². The molecule has 5 nitrogen and oxygen atoms in total. The summed E-state index contributed by atoms with van der Waals surface area (Å²) in [6, 6.07) is 0. The molecule has 0 aliphatic rings. The molecule has 0 aromatic carbocycles. The Kier molecular flexibility index (Phi) is 57.4. The van der Waals surface area contributed by atoms with Crippen LogP contribution < -0.4 is 0 Å². The predicted molar refractivity (Wildman–Crippen MR) is 306 cm³/mol. The Labute approximate surface area is 434 Å². The third kappa shape index (κ3) is 57.4. The molecule has 0 fully saturated rings. The molecule has 0 aliphatic heterocycles. The molecule has 70 heavy (non-hydrogen) atoms. The van der Waals surface area contributed by atoms with Crippen molar-refractivity contribution in [3.05, 3.63) is 97.2 Å². The zero-order chi connectivity index (χ0) is 50.6. The summed E-state index contributed by atoms with van der Waals surface area (Å²) < 4.78 is 10.6. The Morgan fingerprint density at radius 1 is 0.343 bits per heavy atom. The van der Waals surface area contributed by atoms with Crippen LogP contribution in [0, 0.1) is 0 Å². The first kappa shape index (κ1) is 66.8. The van der Waals surface area contributed by atoms with Crippen LogP contribution in [0.15, 0.2) is 97.2 Å². The molecule has 0 aromatic rings. The number of esters is 2. The van der Waals surface area contributed by atoms with E-state index < -0.39 is 12.1 Å². The van der Waals surface area contributed by atoms with E-state index in [1.165, 1.54) is 186 Å². The summed E-state index contributed by atoms with van der Waals surface area (Å²) in [6.07, 6.45) is 85.7. The van der Waals surface area contributed by atoms with Gasteiger partial charge in [-0.15, -0.1) is 0 Å². The fraction of sp³-hybridized carbons (Fsp3) is 0.723. The molecule has 0 radical (unpaired) electrons. The number of hydrogen-bond acceptors (Lipinski definition) is 5. The van der Waals surface area contributed by atoms with Crippen LogP contribution in [0.25, 0.3) is 0 Å². The molecule has 0 spiro atoms. The molecule has 0 bridgehead atoms. The second kappa shape index (κ2) is 60.1. The molecule has 0 saturated carbocycles. The van der Waals surface area contributed by atoms with Crippen LogP contribution >= 0.6 is 0 Å². The lowest BCUT2D eigenvalue weighted by atomic mass is 10.0. The van der Waals surface area contributed by atoms with Gasteiger partial charge in [-0.05, 0) is 83.5 Å². The topological polar surface area (TPSA) is 72.8 Å². The van der Waals surface area contributed by atoms with Crippen molar-refractivity contribution in [3.63, 3.8) is 0 Å². The van der Waals surface area contributed by atoms with Crippen LogP contribution in [0.3, 0.4) is 0 Å². The van der Waals surface area contributed by atoms with Crippen molar-refractivity contribution in [1.29, 1.82) is 0 Å². The van der Waals surface area contributed by atoms with Gasteiger partial charge in [-0.3, -0.25) is 9.59 Å². The number of carbonyl (C=O) groups excluding carboxylic acids is 2. The molecule has 1 N–H and O–H groups in total. The first-order valence-corrected chi connectivity index (χ1v) is 29.8. The van der Waals surface area contributed by atoms with Crippen LogP contribution in [0.4, 0.5) is 0 Å². The highest BCUT2D eigenvalue weighted by Crippen LogP contribution is 2.17. The lowest BCUT2D eigenvalue weighted by Crippen LogP contribution is -2.28. The summed E-state index contributed by atoms with van der Waals surface area (Å²) in [7, 11) is 0. The Bertz CT molecular complexity index is 1330. The highest BCUT2D eigenvalue weighted by molar-refractivity contribution is 5.70. The standard InChI is InChI=1S/C65H112O5/c1-3-5-7-9-11-13-15-17-19-21-23-24-25-26-27-28-29-30-31-32-33-34-35-36-37-38-39-40-42-43-45-47-49-51-53-55-57-59-64(67)69-62-63(61-66)70-65(68)60-58-56-54-52-50-48-46-44-41-22-20-18-16-14-12-10-8-6-4-2/h6,8,12,14-15,17-18,20-21,23,41,44,48,50,54,56,63,66H,3-5,7,9-11,13,16,19,22,24-40,42-43,45-47,49,51-53,55,57-62H2,1-2H3/b8-6-,14-12-,17-15-,20-18-,23-21-,44-41-,50-48-,56-54-. The monoisotopic (exact) mass is 973 g/mol. The number of rotatable bonds is 54. The van der Waals surface area contributed by atoms with Crippen molar-refractivity contribution in [1.82, 2.24) is 0 Å². The van der Waals surface area contributed by atoms with Crippen molar-refractivity contribution >= 4 is 11.9 Å². The Balaban J connectivity index is 3.47. The van der Waals surface area contributed by atoms with Crippen molar-refractivity contribution in [2.24, 2.45) is 0 Å². The number of aliphatic hydroxyl groups excluding tert-OH is 1. The van der Waals surface area contributed by atoms with Gasteiger partial charge in [-0.1, -0.05) is 284 Å². The molecule has 0 amide bonds. The first-order valence-electron chi connectivity index (χ1n) is 29.8. The third-order valence-corrected chi connectivity index (χ3v) is 12.9. The van der Waals surface area contributed by atoms with Gasteiger partial charge in [0.1, 0.15) is 6.61 Å². The Morgan fingerprint density at radius 3 is 0.986 bits per heavy atom. The van der Waals surface area contributed by atoms with Gasteiger partial charge in [-0.2, -0.15) is 0 Å². The fourth-order valence-corrected chi connectivity index (χ4v) is 8.44. The van der Waals surface area contributed by atoms with Gasteiger partial charge in [0.05, 0.1) is 6.61 Å². The van der Waals surface area contributed by atoms with Gasteiger partial charge >= 0.3 is 11.9 Å². The van der Waals surface area contributed by atoms with E-state index in [9.17, 15) is 14.7 Å². The zero-order valence-corrected chi connectivity index (χ0v) is 46.0. The molecule has 0 heterocycles. The lowest BCUT2D eigenvalue weighted by Gasteiger charge is -2.15. The molecule has 0 aromatic heterocycles. The minimum atomic E-state index is -0.817. The fourth-order valence-electron chi connectivity index (χ4n) is 8.44. The van der Waals surface area contributed by atoms with Crippen LogP contribution in [-0.2, 0) is 19.1 Å². The Morgan fingerprint density at radius 2 is 0.643 bits per heavy atom. The van der Waals surface area contributed by atoms with Gasteiger partial charge in [0, 0.05) is 12.8 Å².